The molecule has 0 amide bonds. The van der Waals surface area contributed by atoms with Crippen LogP contribution in [0, 0.1) is 5.92 Å². The zero-order valence-corrected chi connectivity index (χ0v) is 11.3. The number of nitrogens with zero attached hydrogens (tertiary/aromatic N) is 1. The fraction of sp³-hybridized carbons (Fsp3) is 0.462. The molecule has 1 fully saturated rings. The summed E-state index contributed by atoms with van der Waals surface area (Å²) in [6.45, 7) is 0.562. The SMILES string of the molecule is NCC1CCCC1OC1=NS(=O)(=O)c2ccccc21. The van der Waals surface area contributed by atoms with Gasteiger partial charge in [-0.2, -0.15) is 8.42 Å². The van der Waals surface area contributed by atoms with E-state index in [2.05, 4.69) is 4.40 Å². The summed E-state index contributed by atoms with van der Waals surface area (Å²) in [6.07, 6.45) is 2.98. The first-order valence-corrected chi connectivity index (χ1v) is 7.87. The molecule has 1 aliphatic carbocycles. The van der Waals surface area contributed by atoms with Crippen molar-refractivity contribution in [2.45, 2.75) is 30.3 Å². The zero-order valence-electron chi connectivity index (χ0n) is 10.5. The molecule has 6 heteroatoms. The second-order valence-electron chi connectivity index (χ2n) is 4.95. The number of hydrogen-bond donors (Lipinski definition) is 1. The van der Waals surface area contributed by atoms with Gasteiger partial charge < -0.3 is 10.5 Å². The van der Waals surface area contributed by atoms with E-state index in [4.69, 9.17) is 10.5 Å². The van der Waals surface area contributed by atoms with Crippen LogP contribution in [0.25, 0.3) is 0 Å². The van der Waals surface area contributed by atoms with E-state index in [9.17, 15) is 8.42 Å². The second kappa shape index (κ2) is 4.61. The summed E-state index contributed by atoms with van der Waals surface area (Å²) in [4.78, 5) is 0.229. The Labute approximate surface area is 112 Å². The van der Waals surface area contributed by atoms with Crippen molar-refractivity contribution >= 4 is 15.9 Å². The smallest absolute Gasteiger partial charge is 0.286 e. The van der Waals surface area contributed by atoms with Gasteiger partial charge in [-0.15, -0.1) is 4.40 Å². The molecule has 3 rings (SSSR count). The molecule has 0 aromatic heterocycles. The molecule has 1 aromatic carbocycles. The van der Waals surface area contributed by atoms with Gasteiger partial charge in [0.05, 0.1) is 5.56 Å². The first kappa shape index (κ1) is 12.6. The van der Waals surface area contributed by atoms with E-state index in [1.807, 2.05) is 0 Å². The third kappa shape index (κ3) is 2.15. The third-order valence-corrected chi connectivity index (χ3v) is 5.07. The van der Waals surface area contributed by atoms with Gasteiger partial charge in [0, 0.05) is 5.92 Å². The summed E-state index contributed by atoms with van der Waals surface area (Å²) in [7, 11) is -3.59. The predicted molar refractivity (Wildman–Crippen MR) is 71.4 cm³/mol. The van der Waals surface area contributed by atoms with Crippen LogP contribution in [-0.2, 0) is 14.8 Å². The van der Waals surface area contributed by atoms with Gasteiger partial charge >= 0.3 is 0 Å². The normalized spacial score (nSPS) is 27.9. The number of fused-ring (bicyclic) bond motifs is 1. The fourth-order valence-electron chi connectivity index (χ4n) is 2.73. The highest BCUT2D eigenvalue weighted by molar-refractivity contribution is 7.90. The third-order valence-electron chi connectivity index (χ3n) is 3.75. The van der Waals surface area contributed by atoms with Crippen LogP contribution in [0.5, 0.6) is 0 Å². The summed E-state index contributed by atoms with van der Waals surface area (Å²) in [6, 6.07) is 6.76. The summed E-state index contributed by atoms with van der Waals surface area (Å²) in [5, 5.41) is 0. The Bertz CT molecular complexity index is 625. The Balaban J connectivity index is 1.91. The molecule has 0 saturated heterocycles. The molecule has 2 N–H and O–H groups in total. The van der Waals surface area contributed by atoms with Crippen LogP contribution in [0.4, 0.5) is 0 Å². The molecule has 2 unspecified atom stereocenters. The average molecular weight is 280 g/mol. The molecule has 0 radical (unpaired) electrons. The van der Waals surface area contributed by atoms with E-state index < -0.39 is 10.0 Å². The minimum atomic E-state index is -3.59. The minimum absolute atomic E-state index is 0.0230. The summed E-state index contributed by atoms with van der Waals surface area (Å²) < 4.78 is 33.4. The predicted octanol–water partition coefficient (Wildman–Crippen LogP) is 1.28. The highest BCUT2D eigenvalue weighted by Crippen LogP contribution is 2.32. The molecule has 1 heterocycles. The van der Waals surface area contributed by atoms with Crippen LogP contribution in [0.1, 0.15) is 24.8 Å². The van der Waals surface area contributed by atoms with E-state index in [1.165, 1.54) is 0 Å². The Kier molecular flexibility index (Phi) is 3.06. The Morgan fingerprint density at radius 1 is 1.32 bits per heavy atom. The van der Waals surface area contributed by atoms with E-state index >= 15 is 0 Å². The minimum Gasteiger partial charge on any atom is -0.473 e. The summed E-state index contributed by atoms with van der Waals surface area (Å²) in [5.41, 5.74) is 6.27. The maximum absolute atomic E-state index is 11.9. The van der Waals surface area contributed by atoms with Gasteiger partial charge in [-0.1, -0.05) is 12.1 Å². The van der Waals surface area contributed by atoms with Crippen LogP contribution in [0.3, 0.4) is 0 Å². The fourth-order valence-corrected chi connectivity index (χ4v) is 3.87. The van der Waals surface area contributed by atoms with Gasteiger partial charge in [0.1, 0.15) is 11.0 Å². The quantitative estimate of drug-likeness (QED) is 0.884. The number of ether oxygens (including phenoxy) is 1. The van der Waals surface area contributed by atoms with Crippen molar-refractivity contribution in [1.29, 1.82) is 0 Å². The van der Waals surface area contributed by atoms with Crippen molar-refractivity contribution in [3.63, 3.8) is 0 Å². The number of benzene rings is 1. The Hall–Kier alpha value is -1.40. The first-order chi connectivity index (χ1) is 9.12. The van der Waals surface area contributed by atoms with E-state index in [1.54, 1.807) is 24.3 Å². The van der Waals surface area contributed by atoms with Gasteiger partial charge in [0.15, 0.2) is 0 Å². The standard InChI is InChI=1S/C13H16N2O3S/c14-8-9-4-3-6-11(9)18-13-10-5-1-2-7-12(10)19(16,17)15-13/h1-2,5,7,9,11H,3-4,6,8,14H2. The van der Waals surface area contributed by atoms with Gasteiger partial charge in [-0.25, -0.2) is 0 Å². The average Bonchev–Trinajstić information content (AvgIpc) is 2.94. The van der Waals surface area contributed by atoms with Crippen LogP contribution in [0.2, 0.25) is 0 Å². The zero-order chi connectivity index (χ0) is 13.5. The summed E-state index contributed by atoms with van der Waals surface area (Å²) >= 11 is 0. The highest BCUT2D eigenvalue weighted by Gasteiger charge is 2.34. The summed E-state index contributed by atoms with van der Waals surface area (Å²) in [5.74, 6) is 0.513. The van der Waals surface area contributed by atoms with Crippen LogP contribution in [0.15, 0.2) is 33.6 Å². The van der Waals surface area contributed by atoms with Crippen molar-refractivity contribution in [3.05, 3.63) is 29.8 Å². The topological polar surface area (TPSA) is 81.8 Å². The second-order valence-corrected chi connectivity index (χ2v) is 6.52. The van der Waals surface area contributed by atoms with Crippen LogP contribution >= 0.6 is 0 Å². The lowest BCUT2D eigenvalue weighted by Gasteiger charge is -2.19. The lowest BCUT2D eigenvalue weighted by molar-refractivity contribution is 0.151. The molecule has 0 spiro atoms. The van der Waals surface area contributed by atoms with Crippen molar-refractivity contribution < 1.29 is 13.2 Å². The van der Waals surface area contributed by atoms with Crippen molar-refractivity contribution in [1.82, 2.24) is 0 Å². The molecule has 102 valence electrons. The number of sulfonamides is 1. The van der Waals surface area contributed by atoms with Crippen LogP contribution in [-0.4, -0.2) is 27.0 Å². The molecule has 2 atom stereocenters. The molecular formula is C13H16N2O3S. The Morgan fingerprint density at radius 3 is 2.89 bits per heavy atom. The lowest BCUT2D eigenvalue weighted by Crippen LogP contribution is -2.27. The molecule has 2 aliphatic rings. The van der Waals surface area contributed by atoms with Crippen LogP contribution < -0.4 is 5.73 Å². The van der Waals surface area contributed by atoms with E-state index in [-0.39, 0.29) is 22.8 Å². The molecule has 1 saturated carbocycles. The monoisotopic (exact) mass is 280 g/mol. The highest BCUT2D eigenvalue weighted by atomic mass is 32.2. The maximum atomic E-state index is 11.9. The lowest BCUT2D eigenvalue weighted by atomic mass is 10.1. The van der Waals surface area contributed by atoms with Crippen molar-refractivity contribution in [2.24, 2.45) is 16.0 Å². The number of rotatable bonds is 2. The number of nitrogens with two attached hydrogens (primary N) is 1. The largest absolute Gasteiger partial charge is 0.473 e. The van der Waals surface area contributed by atoms with Gasteiger partial charge in [-0.3, -0.25) is 0 Å². The van der Waals surface area contributed by atoms with Gasteiger partial charge in [0.2, 0.25) is 5.90 Å². The van der Waals surface area contributed by atoms with E-state index in [0.29, 0.717) is 12.1 Å². The van der Waals surface area contributed by atoms with Crippen molar-refractivity contribution in [2.75, 3.05) is 6.54 Å². The molecular weight excluding hydrogens is 264 g/mol. The molecule has 1 aliphatic heterocycles. The Morgan fingerprint density at radius 2 is 2.11 bits per heavy atom. The van der Waals surface area contributed by atoms with Gasteiger partial charge in [0.25, 0.3) is 10.0 Å². The number of hydrogen-bond acceptors (Lipinski definition) is 4. The molecule has 0 bridgehead atoms. The van der Waals surface area contributed by atoms with Gasteiger partial charge in [-0.05, 0) is 37.9 Å². The first-order valence-electron chi connectivity index (χ1n) is 6.43. The van der Waals surface area contributed by atoms with E-state index in [0.717, 1.165) is 19.3 Å². The maximum Gasteiger partial charge on any atom is 0.286 e. The van der Waals surface area contributed by atoms with Crippen molar-refractivity contribution in [3.8, 4) is 0 Å². The molecule has 5 nitrogen and oxygen atoms in total. The molecule has 1 aromatic rings. The molecule has 19 heavy (non-hydrogen) atoms.